The maximum atomic E-state index is 11.9. The van der Waals surface area contributed by atoms with Gasteiger partial charge in [-0.2, -0.15) is 0 Å². The lowest BCUT2D eigenvalue weighted by Gasteiger charge is -2.10. The molecule has 1 amide bonds. The van der Waals surface area contributed by atoms with Gasteiger partial charge in [-0.1, -0.05) is 18.2 Å². The fraction of sp³-hybridized carbons (Fsp3) is 0.786. The fourth-order valence-electron chi connectivity index (χ4n) is 2.78. The van der Waals surface area contributed by atoms with Crippen molar-refractivity contribution in [3.05, 3.63) is 5.82 Å². The van der Waals surface area contributed by atoms with Gasteiger partial charge in [-0.15, -0.1) is 10.2 Å². The predicted molar refractivity (Wildman–Crippen MR) is 80.3 cm³/mol. The van der Waals surface area contributed by atoms with E-state index in [-0.39, 0.29) is 12.0 Å². The molecule has 2 aliphatic rings. The van der Waals surface area contributed by atoms with E-state index in [1.54, 1.807) is 0 Å². The van der Waals surface area contributed by atoms with Crippen molar-refractivity contribution in [2.45, 2.75) is 56.3 Å². The molecule has 0 saturated carbocycles. The molecule has 6 nitrogen and oxygen atoms in total. The van der Waals surface area contributed by atoms with Gasteiger partial charge in [0.2, 0.25) is 5.91 Å². The Morgan fingerprint density at radius 1 is 1.33 bits per heavy atom. The van der Waals surface area contributed by atoms with E-state index in [0.717, 1.165) is 43.4 Å². The van der Waals surface area contributed by atoms with E-state index in [0.29, 0.717) is 12.3 Å². The van der Waals surface area contributed by atoms with Crippen LogP contribution >= 0.6 is 11.8 Å². The lowest BCUT2D eigenvalue weighted by atomic mass is 10.2. The van der Waals surface area contributed by atoms with Crippen molar-refractivity contribution < 1.29 is 9.53 Å². The number of hydrogen-bond donors (Lipinski definition) is 1. The van der Waals surface area contributed by atoms with Crippen LogP contribution in [0.3, 0.4) is 0 Å². The van der Waals surface area contributed by atoms with Crippen molar-refractivity contribution in [1.82, 2.24) is 20.1 Å². The smallest absolute Gasteiger partial charge is 0.230 e. The van der Waals surface area contributed by atoms with Crippen molar-refractivity contribution in [1.29, 1.82) is 0 Å². The van der Waals surface area contributed by atoms with E-state index in [4.69, 9.17) is 4.74 Å². The number of aryl methyl sites for hydroxylation is 1. The minimum atomic E-state index is 0.0430. The SMILES string of the molecule is O=C(CSc1nnc2n1CCCCC2)NCC1CCCO1. The molecule has 1 saturated heterocycles. The minimum absolute atomic E-state index is 0.0430. The van der Waals surface area contributed by atoms with Gasteiger partial charge in [-0.05, 0) is 25.7 Å². The molecule has 7 heteroatoms. The molecule has 21 heavy (non-hydrogen) atoms. The van der Waals surface area contributed by atoms with Crippen LogP contribution in [0.4, 0.5) is 0 Å². The van der Waals surface area contributed by atoms with Crippen LogP contribution < -0.4 is 5.32 Å². The Morgan fingerprint density at radius 2 is 2.29 bits per heavy atom. The van der Waals surface area contributed by atoms with Crippen LogP contribution in [-0.4, -0.2) is 45.7 Å². The minimum Gasteiger partial charge on any atom is -0.376 e. The second-order valence-electron chi connectivity index (χ2n) is 5.59. The standard InChI is InChI=1S/C14H22N4O2S/c19-13(15-9-11-5-4-8-20-11)10-21-14-17-16-12-6-2-1-3-7-18(12)14/h11H,1-10H2,(H,15,19). The average Bonchev–Trinajstić information content (AvgIpc) is 3.08. The summed E-state index contributed by atoms with van der Waals surface area (Å²) in [6.07, 6.45) is 6.94. The van der Waals surface area contributed by atoms with Gasteiger partial charge in [-0.3, -0.25) is 4.79 Å². The first-order valence-corrected chi connectivity index (χ1v) is 8.74. The molecule has 1 fully saturated rings. The maximum absolute atomic E-state index is 11.9. The van der Waals surface area contributed by atoms with Gasteiger partial charge in [0.1, 0.15) is 5.82 Å². The number of fused-ring (bicyclic) bond motifs is 1. The van der Waals surface area contributed by atoms with Crippen molar-refractivity contribution >= 4 is 17.7 Å². The van der Waals surface area contributed by atoms with Crippen molar-refractivity contribution in [3.63, 3.8) is 0 Å². The van der Waals surface area contributed by atoms with E-state index >= 15 is 0 Å². The Labute approximate surface area is 129 Å². The van der Waals surface area contributed by atoms with Gasteiger partial charge in [0, 0.05) is 26.1 Å². The molecule has 2 aliphatic heterocycles. The first-order chi connectivity index (χ1) is 10.3. The number of rotatable bonds is 5. The van der Waals surface area contributed by atoms with Gasteiger partial charge in [0.25, 0.3) is 0 Å². The molecule has 0 aromatic carbocycles. The van der Waals surface area contributed by atoms with Gasteiger partial charge < -0.3 is 14.6 Å². The normalized spacial score (nSPS) is 21.8. The van der Waals surface area contributed by atoms with Crippen LogP contribution in [0.15, 0.2) is 5.16 Å². The lowest BCUT2D eigenvalue weighted by Crippen LogP contribution is -2.32. The van der Waals surface area contributed by atoms with E-state index in [2.05, 4.69) is 20.1 Å². The summed E-state index contributed by atoms with van der Waals surface area (Å²) >= 11 is 1.48. The highest BCUT2D eigenvalue weighted by Gasteiger charge is 2.18. The van der Waals surface area contributed by atoms with Crippen LogP contribution in [0.25, 0.3) is 0 Å². The molecule has 0 bridgehead atoms. The molecule has 1 atom stereocenters. The van der Waals surface area contributed by atoms with Gasteiger partial charge in [0.05, 0.1) is 11.9 Å². The molecule has 0 radical (unpaired) electrons. The maximum Gasteiger partial charge on any atom is 0.230 e. The molecule has 1 aromatic heterocycles. The first kappa shape index (κ1) is 14.8. The molecule has 0 spiro atoms. The van der Waals surface area contributed by atoms with Crippen LogP contribution in [-0.2, 0) is 22.5 Å². The van der Waals surface area contributed by atoms with E-state index in [9.17, 15) is 4.79 Å². The number of carbonyl (C=O) groups excluding carboxylic acids is 1. The summed E-state index contributed by atoms with van der Waals surface area (Å²) in [5, 5.41) is 12.3. The molecule has 1 N–H and O–H groups in total. The van der Waals surface area contributed by atoms with Crippen LogP contribution in [0, 0.1) is 0 Å². The molecule has 0 aliphatic carbocycles. The summed E-state index contributed by atoms with van der Waals surface area (Å²) in [4.78, 5) is 11.9. The van der Waals surface area contributed by atoms with Gasteiger partial charge in [-0.25, -0.2) is 0 Å². The third kappa shape index (κ3) is 3.97. The highest BCUT2D eigenvalue weighted by molar-refractivity contribution is 7.99. The Kier molecular flexibility index (Phi) is 5.13. The molecule has 3 rings (SSSR count). The Balaban J connectivity index is 1.46. The van der Waals surface area contributed by atoms with Crippen molar-refractivity contribution in [2.24, 2.45) is 0 Å². The highest BCUT2D eigenvalue weighted by Crippen LogP contribution is 2.21. The number of nitrogens with one attached hydrogen (secondary N) is 1. The van der Waals surface area contributed by atoms with Gasteiger partial charge >= 0.3 is 0 Å². The largest absolute Gasteiger partial charge is 0.376 e. The zero-order valence-electron chi connectivity index (χ0n) is 12.2. The van der Waals surface area contributed by atoms with Crippen molar-refractivity contribution in [2.75, 3.05) is 18.9 Å². The van der Waals surface area contributed by atoms with Crippen LogP contribution in [0.1, 0.15) is 37.9 Å². The van der Waals surface area contributed by atoms with E-state index in [1.807, 2.05) is 0 Å². The summed E-state index contributed by atoms with van der Waals surface area (Å²) in [7, 11) is 0. The number of amides is 1. The molecule has 3 heterocycles. The predicted octanol–water partition coefficient (Wildman–Crippen LogP) is 1.39. The zero-order valence-corrected chi connectivity index (χ0v) is 13.0. The first-order valence-electron chi connectivity index (χ1n) is 7.76. The zero-order chi connectivity index (χ0) is 14.5. The Bertz CT molecular complexity index is 485. The highest BCUT2D eigenvalue weighted by atomic mass is 32.2. The topological polar surface area (TPSA) is 69.0 Å². The number of ether oxygens (including phenoxy) is 1. The number of aromatic nitrogens is 3. The lowest BCUT2D eigenvalue weighted by molar-refractivity contribution is -0.119. The Hall–Kier alpha value is -1.08. The average molecular weight is 310 g/mol. The summed E-state index contributed by atoms with van der Waals surface area (Å²) in [6, 6.07) is 0. The second-order valence-corrected chi connectivity index (χ2v) is 6.53. The molecular weight excluding hydrogens is 288 g/mol. The Morgan fingerprint density at radius 3 is 3.14 bits per heavy atom. The molecule has 116 valence electrons. The van der Waals surface area contributed by atoms with Gasteiger partial charge in [0.15, 0.2) is 5.16 Å². The molecule has 1 unspecified atom stereocenters. The summed E-state index contributed by atoms with van der Waals surface area (Å²) in [5.74, 6) is 1.50. The van der Waals surface area contributed by atoms with E-state index < -0.39 is 0 Å². The van der Waals surface area contributed by atoms with Crippen LogP contribution in [0.2, 0.25) is 0 Å². The fourth-order valence-corrected chi connectivity index (χ4v) is 3.59. The van der Waals surface area contributed by atoms with Crippen LogP contribution in [0.5, 0.6) is 0 Å². The monoisotopic (exact) mass is 310 g/mol. The number of thioether (sulfide) groups is 1. The third-order valence-electron chi connectivity index (χ3n) is 3.96. The summed E-state index contributed by atoms with van der Waals surface area (Å²) in [6.45, 7) is 2.42. The number of nitrogens with zero attached hydrogens (tertiary/aromatic N) is 3. The molecular formula is C14H22N4O2S. The third-order valence-corrected chi connectivity index (χ3v) is 4.93. The molecule has 1 aromatic rings. The summed E-state index contributed by atoms with van der Waals surface area (Å²) < 4.78 is 7.67. The second kappa shape index (κ2) is 7.26. The van der Waals surface area contributed by atoms with E-state index in [1.165, 1.54) is 31.0 Å². The summed E-state index contributed by atoms with van der Waals surface area (Å²) in [5.41, 5.74) is 0. The quantitative estimate of drug-likeness (QED) is 0.832. The number of hydrogen-bond acceptors (Lipinski definition) is 5. The number of carbonyl (C=O) groups is 1. The van der Waals surface area contributed by atoms with Crippen molar-refractivity contribution in [3.8, 4) is 0 Å².